The molecule has 0 aromatic heterocycles. The van der Waals surface area contributed by atoms with Crippen LogP contribution in [0.2, 0.25) is 5.02 Å². The summed E-state index contributed by atoms with van der Waals surface area (Å²) < 4.78 is 63.3. The molecule has 1 heterocycles. The average molecular weight is 565 g/mol. The minimum absolute atomic E-state index is 0.00209. The Kier molecular flexibility index (Phi) is 7.15. The van der Waals surface area contributed by atoms with Crippen LogP contribution in [0.25, 0.3) is 0 Å². The number of azo groups is 1. The van der Waals surface area contributed by atoms with Crippen molar-refractivity contribution in [2.24, 2.45) is 10.2 Å². The second-order valence-electron chi connectivity index (χ2n) is 8.05. The normalized spacial score (nSPS) is 14.6. The van der Waals surface area contributed by atoms with E-state index in [4.69, 9.17) is 15.8 Å². The zero-order valence-corrected chi connectivity index (χ0v) is 21.9. The summed E-state index contributed by atoms with van der Waals surface area (Å²) in [5, 5.41) is 18.9. The number of nitrogens with zero attached hydrogens (tertiary/aromatic N) is 4. The molecule has 0 saturated carbocycles. The third-order valence-corrected chi connectivity index (χ3v) is 7.65. The van der Waals surface area contributed by atoms with Crippen LogP contribution in [0.3, 0.4) is 0 Å². The summed E-state index contributed by atoms with van der Waals surface area (Å²) in [6.07, 6.45) is 0. The smallest absolute Gasteiger partial charge is 0.339 e. The Bertz CT molecular complexity index is 1610. The van der Waals surface area contributed by atoms with Crippen LogP contribution in [0.15, 0.2) is 98.5 Å². The zero-order chi connectivity index (χ0) is 27.0. The van der Waals surface area contributed by atoms with Crippen LogP contribution in [0.5, 0.6) is 5.75 Å². The highest BCUT2D eigenvalue weighted by Gasteiger charge is 2.32. The number of halogens is 1. The van der Waals surface area contributed by atoms with Gasteiger partial charge in [-0.1, -0.05) is 29.3 Å². The largest absolute Gasteiger partial charge is 0.492 e. The molecule has 0 amide bonds. The van der Waals surface area contributed by atoms with Crippen molar-refractivity contribution in [3.63, 3.8) is 0 Å². The van der Waals surface area contributed by atoms with Gasteiger partial charge in [-0.3, -0.25) is 9.45 Å². The fraction of sp³-hybridized carbons (Fsp3) is 0.130. The van der Waals surface area contributed by atoms with Gasteiger partial charge in [0.05, 0.1) is 18.0 Å². The maximum absolute atomic E-state index is 12.5. The number of benzene rings is 3. The molecule has 1 aliphatic rings. The average Bonchev–Trinajstić information content (AvgIpc) is 3.11. The lowest BCUT2D eigenvalue weighted by molar-refractivity contribution is 0.393. The van der Waals surface area contributed by atoms with Gasteiger partial charge in [-0.25, -0.2) is 0 Å². The summed E-state index contributed by atoms with van der Waals surface area (Å²) in [4.78, 5) is 2.28. The number of aliphatic hydroxyl groups excluding tert-OH is 1. The third kappa shape index (κ3) is 5.85. The number of aliphatic hydroxyl groups is 1. The molecule has 3 aromatic carbocycles. The van der Waals surface area contributed by atoms with E-state index < -0.39 is 31.0 Å². The molecule has 1 aliphatic heterocycles. The van der Waals surface area contributed by atoms with Crippen molar-refractivity contribution in [1.82, 2.24) is 4.90 Å². The van der Waals surface area contributed by atoms with Crippen molar-refractivity contribution in [3.8, 4) is 5.75 Å². The molecular weight excluding hydrogens is 544 g/mol. The Labute approximate surface area is 218 Å². The van der Waals surface area contributed by atoms with E-state index in [1.54, 1.807) is 19.2 Å². The zero-order valence-electron chi connectivity index (χ0n) is 19.5. The molecule has 4 rings (SSSR count). The fourth-order valence-electron chi connectivity index (χ4n) is 3.42. The SMILES string of the molecule is Cc1ccc(S(=O)(=O)Oc2ccc(N=NC3=C(O)N(c4ccc(Cl)cc4S(=O)(=O)O)CN3C)cc2)cc1. The van der Waals surface area contributed by atoms with Crippen LogP contribution in [0, 0.1) is 6.92 Å². The highest BCUT2D eigenvalue weighted by Crippen LogP contribution is 2.35. The van der Waals surface area contributed by atoms with E-state index in [0.717, 1.165) is 11.6 Å². The summed E-state index contributed by atoms with van der Waals surface area (Å²) >= 11 is 5.87. The first-order chi connectivity index (χ1) is 17.3. The lowest BCUT2D eigenvalue weighted by Crippen LogP contribution is -2.26. The molecule has 14 heteroatoms. The summed E-state index contributed by atoms with van der Waals surface area (Å²) in [6.45, 7) is 1.85. The van der Waals surface area contributed by atoms with E-state index in [9.17, 15) is 26.5 Å². The van der Waals surface area contributed by atoms with Crippen LogP contribution >= 0.6 is 11.6 Å². The van der Waals surface area contributed by atoms with Gasteiger partial charge in [0.25, 0.3) is 10.1 Å². The van der Waals surface area contributed by atoms with Gasteiger partial charge in [0.15, 0.2) is 0 Å². The van der Waals surface area contributed by atoms with Gasteiger partial charge in [-0.2, -0.15) is 16.8 Å². The Morgan fingerprint density at radius 2 is 1.59 bits per heavy atom. The Morgan fingerprint density at radius 1 is 0.946 bits per heavy atom. The third-order valence-electron chi connectivity index (χ3n) is 5.27. The second kappa shape index (κ2) is 10.0. The lowest BCUT2D eigenvalue weighted by atomic mass is 10.2. The Hall–Kier alpha value is -3.65. The van der Waals surface area contributed by atoms with Gasteiger partial charge < -0.3 is 14.2 Å². The molecule has 37 heavy (non-hydrogen) atoms. The van der Waals surface area contributed by atoms with E-state index in [1.165, 1.54) is 58.3 Å². The van der Waals surface area contributed by atoms with Crippen molar-refractivity contribution in [2.45, 2.75) is 16.7 Å². The molecule has 0 unspecified atom stereocenters. The summed E-state index contributed by atoms with van der Waals surface area (Å²) in [5.41, 5.74) is 1.24. The molecule has 194 valence electrons. The molecular formula is C23H21ClN4O7S2. The minimum Gasteiger partial charge on any atom is -0.492 e. The number of anilines is 1. The molecule has 0 saturated heterocycles. The molecule has 0 radical (unpaired) electrons. The van der Waals surface area contributed by atoms with Crippen LogP contribution in [0.1, 0.15) is 5.56 Å². The Balaban J connectivity index is 1.54. The van der Waals surface area contributed by atoms with Gasteiger partial charge in [-0.15, -0.1) is 10.2 Å². The lowest BCUT2D eigenvalue weighted by Gasteiger charge is -2.21. The highest BCUT2D eigenvalue weighted by atomic mass is 35.5. The molecule has 3 aromatic rings. The van der Waals surface area contributed by atoms with Crippen molar-refractivity contribution >= 4 is 43.2 Å². The molecule has 0 spiro atoms. The van der Waals surface area contributed by atoms with E-state index in [-0.39, 0.29) is 33.8 Å². The van der Waals surface area contributed by atoms with E-state index in [1.807, 2.05) is 6.92 Å². The first kappa shape index (κ1) is 26.4. The monoisotopic (exact) mass is 564 g/mol. The fourth-order valence-corrected chi connectivity index (χ4v) is 5.30. The van der Waals surface area contributed by atoms with E-state index >= 15 is 0 Å². The van der Waals surface area contributed by atoms with Gasteiger partial charge >= 0.3 is 10.1 Å². The number of hydrogen-bond donors (Lipinski definition) is 2. The summed E-state index contributed by atoms with van der Waals surface area (Å²) in [6, 6.07) is 15.9. The van der Waals surface area contributed by atoms with Gasteiger partial charge in [0.1, 0.15) is 15.5 Å². The standard InChI is InChI=1S/C23H21ClN4O7S2/c1-15-3-10-19(11-4-15)37(33,34)35-18-8-6-17(7-9-18)25-26-22-23(29)28(14-27(22)2)20-12-5-16(24)13-21(20)36(30,31)32/h3-13,29H,14H2,1-2H3,(H,30,31,32). The quantitative estimate of drug-likeness (QED) is 0.233. The number of hydrogen-bond acceptors (Lipinski definition) is 10. The van der Waals surface area contributed by atoms with E-state index in [0.29, 0.717) is 5.69 Å². The van der Waals surface area contributed by atoms with E-state index in [2.05, 4.69) is 10.2 Å². The first-order valence-electron chi connectivity index (χ1n) is 10.6. The summed E-state index contributed by atoms with van der Waals surface area (Å²) in [7, 11) is -7.04. The van der Waals surface area contributed by atoms with Crippen molar-refractivity contribution in [1.29, 1.82) is 0 Å². The van der Waals surface area contributed by atoms with Gasteiger partial charge in [-0.05, 0) is 61.5 Å². The van der Waals surface area contributed by atoms with Gasteiger partial charge in [0.2, 0.25) is 11.7 Å². The molecule has 0 bridgehead atoms. The van der Waals surface area contributed by atoms with Crippen molar-refractivity contribution in [3.05, 3.63) is 89.0 Å². The highest BCUT2D eigenvalue weighted by molar-refractivity contribution is 7.87. The predicted molar refractivity (Wildman–Crippen MR) is 136 cm³/mol. The summed E-state index contributed by atoms with van der Waals surface area (Å²) in [5.74, 6) is -0.299. The molecule has 2 N–H and O–H groups in total. The van der Waals surface area contributed by atoms with Crippen molar-refractivity contribution in [2.75, 3.05) is 18.6 Å². The van der Waals surface area contributed by atoms with Crippen LogP contribution in [-0.2, 0) is 20.2 Å². The van der Waals surface area contributed by atoms with Crippen LogP contribution < -0.4 is 9.08 Å². The predicted octanol–water partition coefficient (Wildman–Crippen LogP) is 4.84. The number of aryl methyl sites for hydroxylation is 1. The first-order valence-corrected chi connectivity index (χ1v) is 13.8. The van der Waals surface area contributed by atoms with Crippen LogP contribution in [0.4, 0.5) is 11.4 Å². The maximum atomic E-state index is 12.5. The molecule has 0 fully saturated rings. The second-order valence-corrected chi connectivity index (χ2v) is 11.4. The Morgan fingerprint density at radius 3 is 2.22 bits per heavy atom. The van der Waals surface area contributed by atoms with Crippen LogP contribution in [-0.4, -0.2) is 45.1 Å². The minimum atomic E-state index is -4.63. The van der Waals surface area contributed by atoms with Crippen molar-refractivity contribution < 1.29 is 30.7 Å². The molecule has 0 atom stereocenters. The topological polar surface area (TPSA) is 149 Å². The molecule has 11 nitrogen and oxygen atoms in total. The maximum Gasteiger partial charge on any atom is 0.339 e. The molecule has 0 aliphatic carbocycles. The number of rotatable bonds is 7. The van der Waals surface area contributed by atoms with Gasteiger partial charge in [0, 0.05) is 12.1 Å².